The number of nitrogens with zero attached hydrogens (tertiary/aromatic N) is 7. The number of ether oxygens (including phenoxy) is 2. The van der Waals surface area contributed by atoms with Crippen LogP contribution in [0.2, 0.25) is 0 Å². The first-order valence-corrected chi connectivity index (χ1v) is 8.57. The minimum atomic E-state index is 0.133. The van der Waals surface area contributed by atoms with Gasteiger partial charge in [0.2, 0.25) is 17.6 Å². The number of aromatic nitrogens is 6. The molecule has 9 heteroatoms. The van der Waals surface area contributed by atoms with E-state index in [4.69, 9.17) is 9.47 Å². The third kappa shape index (κ3) is 2.53. The van der Waals surface area contributed by atoms with Crippen LogP contribution in [0.5, 0.6) is 0 Å². The van der Waals surface area contributed by atoms with Gasteiger partial charge in [-0.05, 0) is 0 Å². The summed E-state index contributed by atoms with van der Waals surface area (Å²) in [5.41, 5.74) is 0.267. The number of methoxy groups -OCH3 is 1. The van der Waals surface area contributed by atoms with E-state index < -0.39 is 0 Å². The smallest absolute Gasteiger partial charge is 0.227 e. The molecule has 4 rings (SSSR count). The zero-order chi connectivity index (χ0) is 17.7. The number of aryl methyl sites for hydroxylation is 1. The number of hydrogen-bond acceptors (Lipinski definition) is 7. The van der Waals surface area contributed by atoms with E-state index in [9.17, 15) is 0 Å². The van der Waals surface area contributed by atoms with Crippen molar-refractivity contribution in [2.75, 3.05) is 44.9 Å². The average molecular weight is 347 g/mol. The molecular formula is C16H25N7O2. The molecule has 2 aliphatic heterocycles. The molecule has 0 saturated carbocycles. The van der Waals surface area contributed by atoms with Gasteiger partial charge in [-0.25, -0.2) is 4.98 Å². The maximum atomic E-state index is 5.76. The minimum Gasteiger partial charge on any atom is -0.383 e. The van der Waals surface area contributed by atoms with Gasteiger partial charge in [-0.15, -0.1) is 15.3 Å². The Bertz CT molecular complexity index is 754. The molecule has 0 amide bonds. The van der Waals surface area contributed by atoms with E-state index in [2.05, 4.69) is 43.6 Å². The van der Waals surface area contributed by atoms with Crippen LogP contribution in [0.15, 0.2) is 6.33 Å². The summed E-state index contributed by atoms with van der Waals surface area (Å²) >= 11 is 0. The molecule has 0 aromatic carbocycles. The van der Waals surface area contributed by atoms with Crippen LogP contribution >= 0.6 is 0 Å². The molecule has 9 nitrogen and oxygen atoms in total. The molecule has 2 aromatic heterocycles. The molecule has 2 fully saturated rings. The quantitative estimate of drug-likeness (QED) is 0.782. The maximum absolute atomic E-state index is 5.76. The highest BCUT2D eigenvalue weighted by Gasteiger charge is 2.56. The Hall–Kier alpha value is -2.00. The molecule has 0 radical (unpaired) electrons. The van der Waals surface area contributed by atoms with Crippen molar-refractivity contribution in [1.82, 2.24) is 29.5 Å². The number of rotatable bonds is 5. The lowest BCUT2D eigenvalue weighted by molar-refractivity contribution is 0.158. The van der Waals surface area contributed by atoms with Crippen LogP contribution in [0, 0.1) is 10.8 Å². The summed E-state index contributed by atoms with van der Waals surface area (Å²) in [6, 6.07) is 0. The second kappa shape index (κ2) is 5.77. The number of hydrogen-bond donors (Lipinski definition) is 0. The van der Waals surface area contributed by atoms with Crippen LogP contribution in [-0.2, 0) is 23.1 Å². The first-order valence-electron chi connectivity index (χ1n) is 8.57. The van der Waals surface area contributed by atoms with E-state index in [0.717, 1.165) is 32.3 Å². The predicted octanol–water partition coefficient (Wildman–Crippen LogP) is 0.583. The summed E-state index contributed by atoms with van der Waals surface area (Å²) in [5, 5.41) is 13.2. The Morgan fingerprint density at radius 2 is 1.92 bits per heavy atom. The van der Waals surface area contributed by atoms with Gasteiger partial charge < -0.3 is 14.4 Å². The topological polar surface area (TPSA) is 83.1 Å². The molecule has 0 bridgehead atoms. The molecule has 0 unspecified atom stereocenters. The fraction of sp³-hybridized carbons (Fsp3) is 0.750. The van der Waals surface area contributed by atoms with Gasteiger partial charge in [0.05, 0.1) is 26.4 Å². The van der Waals surface area contributed by atoms with Crippen molar-refractivity contribution in [1.29, 1.82) is 0 Å². The van der Waals surface area contributed by atoms with Crippen molar-refractivity contribution in [3.05, 3.63) is 6.33 Å². The van der Waals surface area contributed by atoms with Crippen LogP contribution in [-0.4, -0.2) is 69.5 Å². The summed E-state index contributed by atoms with van der Waals surface area (Å²) < 4.78 is 14.8. The monoisotopic (exact) mass is 347 g/mol. The van der Waals surface area contributed by atoms with Crippen molar-refractivity contribution in [3.63, 3.8) is 0 Å². The van der Waals surface area contributed by atoms with Gasteiger partial charge in [0.25, 0.3) is 0 Å². The largest absolute Gasteiger partial charge is 0.383 e. The standard InChI is InChI=1S/C16H25N7O2/c1-15-7-22(8-16(15,2)10-25-9-15)14-19-18-13(23(14)5-6-24-4)12-17-11-21(3)20-12/h11H,5-10H2,1-4H3/t15-,16+. The van der Waals surface area contributed by atoms with Gasteiger partial charge >= 0.3 is 0 Å². The molecule has 0 N–H and O–H groups in total. The van der Waals surface area contributed by atoms with Gasteiger partial charge in [-0.1, -0.05) is 13.8 Å². The highest BCUT2D eigenvalue weighted by molar-refractivity contribution is 5.49. The Morgan fingerprint density at radius 1 is 1.20 bits per heavy atom. The molecule has 136 valence electrons. The normalized spacial score (nSPS) is 28.7. The lowest BCUT2D eigenvalue weighted by Crippen LogP contribution is -2.34. The van der Waals surface area contributed by atoms with Crippen LogP contribution in [0.4, 0.5) is 5.95 Å². The summed E-state index contributed by atoms with van der Waals surface area (Å²) in [5.74, 6) is 2.12. The molecule has 4 heterocycles. The molecule has 2 saturated heterocycles. The Balaban J connectivity index is 1.69. The van der Waals surface area contributed by atoms with Crippen molar-refractivity contribution >= 4 is 5.95 Å². The van der Waals surface area contributed by atoms with Gasteiger partial charge in [-0.2, -0.15) is 0 Å². The first kappa shape index (κ1) is 16.5. The van der Waals surface area contributed by atoms with Crippen LogP contribution in [0.3, 0.4) is 0 Å². The summed E-state index contributed by atoms with van der Waals surface area (Å²) in [7, 11) is 3.54. The Labute approximate surface area is 146 Å². The van der Waals surface area contributed by atoms with Gasteiger partial charge in [-0.3, -0.25) is 9.25 Å². The summed E-state index contributed by atoms with van der Waals surface area (Å²) in [6.45, 7) is 9.24. The molecule has 25 heavy (non-hydrogen) atoms. The van der Waals surface area contributed by atoms with Crippen molar-refractivity contribution in [3.8, 4) is 11.6 Å². The van der Waals surface area contributed by atoms with E-state index in [1.807, 2.05) is 7.05 Å². The number of fused-ring (bicyclic) bond motifs is 1. The average Bonchev–Trinajstić information content (AvgIpc) is 3.26. The first-order chi connectivity index (χ1) is 12.0. The lowest BCUT2D eigenvalue weighted by atomic mass is 9.71. The highest BCUT2D eigenvalue weighted by Crippen LogP contribution is 2.51. The Morgan fingerprint density at radius 3 is 2.52 bits per heavy atom. The van der Waals surface area contributed by atoms with E-state index in [1.165, 1.54) is 0 Å². The Kier molecular flexibility index (Phi) is 3.80. The van der Waals surface area contributed by atoms with Crippen molar-refractivity contribution in [2.45, 2.75) is 20.4 Å². The third-order valence-electron chi connectivity index (χ3n) is 5.71. The van der Waals surface area contributed by atoms with Crippen LogP contribution in [0.25, 0.3) is 11.6 Å². The molecule has 2 aromatic rings. The van der Waals surface area contributed by atoms with Crippen LogP contribution < -0.4 is 4.90 Å². The summed E-state index contributed by atoms with van der Waals surface area (Å²) in [6.07, 6.45) is 1.67. The zero-order valence-electron chi connectivity index (χ0n) is 15.3. The molecule has 2 atom stereocenters. The van der Waals surface area contributed by atoms with Crippen LogP contribution in [0.1, 0.15) is 13.8 Å². The number of anilines is 1. The predicted molar refractivity (Wildman–Crippen MR) is 91.1 cm³/mol. The third-order valence-corrected chi connectivity index (χ3v) is 5.71. The maximum Gasteiger partial charge on any atom is 0.227 e. The van der Waals surface area contributed by atoms with E-state index in [0.29, 0.717) is 24.8 Å². The molecular weight excluding hydrogens is 322 g/mol. The fourth-order valence-electron chi connectivity index (χ4n) is 3.89. The second-order valence-corrected chi connectivity index (χ2v) is 7.68. The molecule has 0 aliphatic carbocycles. The van der Waals surface area contributed by atoms with E-state index >= 15 is 0 Å². The zero-order valence-corrected chi connectivity index (χ0v) is 15.3. The van der Waals surface area contributed by atoms with Crippen molar-refractivity contribution in [2.24, 2.45) is 17.9 Å². The van der Waals surface area contributed by atoms with Gasteiger partial charge in [0.15, 0.2) is 0 Å². The SMILES string of the molecule is COCCn1c(-c2ncn(C)n2)nnc1N1C[C@]2(C)COC[C@]2(C)C1. The fourth-order valence-corrected chi connectivity index (χ4v) is 3.89. The van der Waals surface area contributed by atoms with Gasteiger partial charge in [0.1, 0.15) is 6.33 Å². The molecule has 0 spiro atoms. The second-order valence-electron chi connectivity index (χ2n) is 7.68. The summed E-state index contributed by atoms with van der Waals surface area (Å²) in [4.78, 5) is 6.65. The highest BCUT2D eigenvalue weighted by atomic mass is 16.5. The minimum absolute atomic E-state index is 0.133. The van der Waals surface area contributed by atoms with E-state index in [1.54, 1.807) is 18.1 Å². The molecule has 2 aliphatic rings. The van der Waals surface area contributed by atoms with Gasteiger partial charge in [0, 0.05) is 38.1 Å². The lowest BCUT2D eigenvalue weighted by Gasteiger charge is -2.29. The van der Waals surface area contributed by atoms with Crippen molar-refractivity contribution < 1.29 is 9.47 Å². The van der Waals surface area contributed by atoms with E-state index in [-0.39, 0.29) is 10.8 Å².